The number of piperidine rings is 1. The zero-order valence-electron chi connectivity index (χ0n) is 9.76. The van der Waals surface area contributed by atoms with Gasteiger partial charge in [0.15, 0.2) is 0 Å². The van der Waals surface area contributed by atoms with E-state index >= 15 is 0 Å². The maximum atomic E-state index is 10.9. The van der Waals surface area contributed by atoms with E-state index in [1.54, 1.807) is 0 Å². The molecule has 0 amide bonds. The Bertz CT molecular complexity index is 318. The summed E-state index contributed by atoms with van der Waals surface area (Å²) in [6, 6.07) is -0.445. The second-order valence-electron chi connectivity index (χ2n) is 5.33. The van der Waals surface area contributed by atoms with E-state index in [1.165, 1.54) is 0 Å². The third-order valence-electron chi connectivity index (χ3n) is 4.17. The fourth-order valence-corrected chi connectivity index (χ4v) is 3.28. The zero-order valence-corrected chi connectivity index (χ0v) is 9.76. The highest BCUT2D eigenvalue weighted by Gasteiger charge is 2.37. The van der Waals surface area contributed by atoms with Crippen molar-refractivity contribution in [3.05, 3.63) is 0 Å². The summed E-state index contributed by atoms with van der Waals surface area (Å²) in [6.07, 6.45) is 3.75. The van der Waals surface area contributed by atoms with Crippen LogP contribution in [0.15, 0.2) is 0 Å². The number of carboxylic acids is 2. The number of rotatable bonds is 3. The van der Waals surface area contributed by atoms with E-state index in [4.69, 9.17) is 10.2 Å². The lowest BCUT2D eigenvalue weighted by molar-refractivity contribution is -0.142. The fourth-order valence-electron chi connectivity index (χ4n) is 3.28. The van der Waals surface area contributed by atoms with Crippen LogP contribution in [-0.4, -0.2) is 34.7 Å². The third-order valence-corrected chi connectivity index (χ3v) is 4.17. The molecule has 0 aromatic rings. The van der Waals surface area contributed by atoms with E-state index < -0.39 is 18.0 Å². The fraction of sp³-hybridized carbons (Fsp3) is 0.833. The van der Waals surface area contributed by atoms with Crippen molar-refractivity contribution in [3.8, 4) is 0 Å². The van der Waals surface area contributed by atoms with Gasteiger partial charge in [-0.3, -0.25) is 9.59 Å². The van der Waals surface area contributed by atoms with Crippen molar-refractivity contribution in [3.63, 3.8) is 0 Å². The molecule has 0 unspecified atom stereocenters. The van der Waals surface area contributed by atoms with Gasteiger partial charge >= 0.3 is 11.9 Å². The van der Waals surface area contributed by atoms with Gasteiger partial charge in [0.2, 0.25) is 0 Å². The topological polar surface area (TPSA) is 86.6 Å². The average molecular weight is 241 g/mol. The summed E-state index contributed by atoms with van der Waals surface area (Å²) < 4.78 is 0. The van der Waals surface area contributed by atoms with Crippen LogP contribution in [0.3, 0.4) is 0 Å². The molecule has 0 aromatic heterocycles. The van der Waals surface area contributed by atoms with Crippen molar-refractivity contribution in [2.75, 3.05) is 6.54 Å². The van der Waals surface area contributed by atoms with Gasteiger partial charge in [-0.25, -0.2) is 0 Å². The largest absolute Gasteiger partial charge is 0.481 e. The molecule has 17 heavy (non-hydrogen) atoms. The molecule has 3 N–H and O–H groups in total. The summed E-state index contributed by atoms with van der Waals surface area (Å²) in [5, 5.41) is 20.8. The molecule has 1 aliphatic heterocycles. The molecule has 4 atom stereocenters. The first-order valence-corrected chi connectivity index (χ1v) is 6.24. The van der Waals surface area contributed by atoms with Crippen LogP contribution in [-0.2, 0) is 9.59 Å². The summed E-state index contributed by atoms with van der Waals surface area (Å²) in [5.74, 6) is -0.367. The summed E-state index contributed by atoms with van der Waals surface area (Å²) in [7, 11) is 0. The molecule has 2 rings (SSSR count). The Morgan fingerprint density at radius 3 is 2.53 bits per heavy atom. The molecule has 5 nitrogen and oxygen atoms in total. The normalized spacial score (nSPS) is 37.2. The maximum absolute atomic E-state index is 10.9. The molecule has 0 spiro atoms. The highest BCUT2D eigenvalue weighted by atomic mass is 16.4. The van der Waals surface area contributed by atoms with Crippen LogP contribution in [0.25, 0.3) is 0 Å². The molecular weight excluding hydrogens is 222 g/mol. The van der Waals surface area contributed by atoms with E-state index in [9.17, 15) is 9.59 Å². The summed E-state index contributed by atoms with van der Waals surface area (Å²) in [6.45, 7) is 0.765. The third kappa shape index (κ3) is 2.97. The van der Waals surface area contributed by atoms with E-state index in [-0.39, 0.29) is 12.3 Å². The Hall–Kier alpha value is -1.10. The van der Waals surface area contributed by atoms with Gasteiger partial charge in [-0.15, -0.1) is 0 Å². The van der Waals surface area contributed by atoms with E-state index in [2.05, 4.69) is 5.32 Å². The van der Waals surface area contributed by atoms with Crippen molar-refractivity contribution in [1.29, 1.82) is 0 Å². The minimum absolute atomic E-state index is 0.231. The molecule has 1 heterocycles. The summed E-state index contributed by atoms with van der Waals surface area (Å²) in [5.41, 5.74) is 0. The van der Waals surface area contributed by atoms with Gasteiger partial charge < -0.3 is 15.5 Å². The molecule has 0 bridgehead atoms. The maximum Gasteiger partial charge on any atom is 0.320 e. The predicted molar refractivity (Wildman–Crippen MR) is 60.6 cm³/mol. The number of carboxylic acid groups (broad SMARTS) is 2. The Kier molecular flexibility index (Phi) is 3.66. The van der Waals surface area contributed by atoms with Crippen LogP contribution < -0.4 is 5.32 Å². The smallest absolute Gasteiger partial charge is 0.320 e. The number of aliphatic carboxylic acids is 2. The van der Waals surface area contributed by atoms with Crippen LogP contribution in [0.1, 0.15) is 32.1 Å². The van der Waals surface area contributed by atoms with Gasteiger partial charge in [-0.2, -0.15) is 0 Å². The number of hydrogen-bond acceptors (Lipinski definition) is 3. The average Bonchev–Trinajstić information content (AvgIpc) is 2.27. The molecule has 0 radical (unpaired) electrons. The first-order valence-electron chi connectivity index (χ1n) is 6.24. The Morgan fingerprint density at radius 2 is 1.88 bits per heavy atom. The Morgan fingerprint density at radius 1 is 1.12 bits per heavy atom. The number of fused-ring (bicyclic) bond motifs is 1. The van der Waals surface area contributed by atoms with Gasteiger partial charge in [-0.1, -0.05) is 0 Å². The van der Waals surface area contributed by atoms with Crippen LogP contribution in [0.2, 0.25) is 0 Å². The van der Waals surface area contributed by atoms with Crippen LogP contribution >= 0.6 is 0 Å². The number of carbonyl (C=O) groups is 2. The van der Waals surface area contributed by atoms with Gasteiger partial charge in [-0.05, 0) is 50.0 Å². The first-order chi connectivity index (χ1) is 8.06. The molecular formula is C12H19NO4. The minimum Gasteiger partial charge on any atom is -0.481 e. The molecule has 2 fully saturated rings. The Balaban J connectivity index is 1.92. The molecule has 96 valence electrons. The van der Waals surface area contributed by atoms with E-state index in [0.29, 0.717) is 18.3 Å². The number of nitrogens with one attached hydrogen (secondary N) is 1. The van der Waals surface area contributed by atoms with E-state index in [0.717, 1.165) is 25.8 Å². The SMILES string of the molecule is O=C(O)C[C@H]1CC[C@@H]2CN[C@@H](C(=O)O)C[C@@H]2C1. The van der Waals surface area contributed by atoms with Gasteiger partial charge in [0.1, 0.15) is 6.04 Å². The number of hydrogen-bond donors (Lipinski definition) is 3. The lowest BCUT2D eigenvalue weighted by atomic mass is 9.69. The van der Waals surface area contributed by atoms with E-state index in [1.807, 2.05) is 0 Å². The second-order valence-corrected chi connectivity index (χ2v) is 5.33. The van der Waals surface area contributed by atoms with Gasteiger partial charge in [0, 0.05) is 6.42 Å². The molecule has 1 aliphatic carbocycles. The predicted octanol–water partition coefficient (Wildman–Crippen LogP) is 0.940. The monoisotopic (exact) mass is 241 g/mol. The quantitative estimate of drug-likeness (QED) is 0.684. The van der Waals surface area contributed by atoms with Crippen molar-refractivity contribution < 1.29 is 19.8 Å². The van der Waals surface area contributed by atoms with Crippen LogP contribution in [0, 0.1) is 17.8 Å². The minimum atomic E-state index is -0.788. The van der Waals surface area contributed by atoms with Gasteiger partial charge in [0.25, 0.3) is 0 Å². The molecule has 1 saturated carbocycles. The standard InChI is InChI=1S/C12H19NO4/c14-11(15)4-7-1-2-8-6-13-10(12(16)17)5-9(8)3-7/h7-10,13H,1-6H2,(H,14,15)(H,16,17)/t7-,8+,9-,10+/m0/s1. The zero-order chi connectivity index (χ0) is 12.4. The van der Waals surface area contributed by atoms with Crippen molar-refractivity contribution in [2.24, 2.45) is 17.8 Å². The highest BCUT2D eigenvalue weighted by molar-refractivity contribution is 5.73. The summed E-state index contributed by atoms with van der Waals surface area (Å²) >= 11 is 0. The molecule has 0 aromatic carbocycles. The second kappa shape index (κ2) is 5.04. The van der Waals surface area contributed by atoms with Crippen molar-refractivity contribution in [2.45, 2.75) is 38.1 Å². The van der Waals surface area contributed by atoms with Gasteiger partial charge in [0.05, 0.1) is 0 Å². The lowest BCUT2D eigenvalue weighted by Gasteiger charge is -2.41. The molecule has 1 saturated heterocycles. The molecule has 2 aliphatic rings. The first kappa shape index (κ1) is 12.4. The van der Waals surface area contributed by atoms with Crippen molar-refractivity contribution in [1.82, 2.24) is 5.32 Å². The Labute approximate surface area is 100 Å². The lowest BCUT2D eigenvalue weighted by Crippen LogP contribution is -2.49. The highest BCUT2D eigenvalue weighted by Crippen LogP contribution is 2.39. The van der Waals surface area contributed by atoms with Crippen LogP contribution in [0.4, 0.5) is 0 Å². The van der Waals surface area contributed by atoms with Crippen LogP contribution in [0.5, 0.6) is 0 Å². The van der Waals surface area contributed by atoms with Crippen molar-refractivity contribution >= 4 is 11.9 Å². The molecule has 5 heteroatoms. The summed E-state index contributed by atoms with van der Waals surface area (Å²) in [4.78, 5) is 21.6.